The summed E-state index contributed by atoms with van der Waals surface area (Å²) in [5.41, 5.74) is 1.82. The molecule has 0 radical (unpaired) electrons. The highest BCUT2D eigenvalue weighted by atomic mass is 32.1. The maximum atomic E-state index is 13.7. The van der Waals surface area contributed by atoms with Crippen LogP contribution in [0.2, 0.25) is 0 Å². The average Bonchev–Trinajstić information content (AvgIpc) is 3.42. The van der Waals surface area contributed by atoms with Crippen LogP contribution in [0, 0.1) is 30.0 Å². The number of carbonyl (C=O) groups excluding carboxylic acids is 2. The van der Waals surface area contributed by atoms with E-state index in [-0.39, 0.29) is 29.6 Å². The zero-order valence-corrected chi connectivity index (χ0v) is 19.7. The van der Waals surface area contributed by atoms with Gasteiger partial charge in [0.15, 0.2) is 0 Å². The second kappa shape index (κ2) is 10.7. The third-order valence-electron chi connectivity index (χ3n) is 6.34. The fourth-order valence-electron chi connectivity index (χ4n) is 4.31. The van der Waals surface area contributed by atoms with E-state index >= 15 is 0 Å². The third-order valence-corrected chi connectivity index (χ3v) is 7.53. The van der Waals surface area contributed by atoms with Crippen molar-refractivity contribution in [1.29, 1.82) is 5.26 Å². The molecule has 1 aromatic heterocycles. The summed E-state index contributed by atoms with van der Waals surface area (Å²) in [5, 5.41) is 13.0. The van der Waals surface area contributed by atoms with Crippen LogP contribution in [0.3, 0.4) is 0 Å². The van der Waals surface area contributed by atoms with E-state index in [1.165, 1.54) is 23.5 Å². The molecule has 0 unspecified atom stereocenters. The topological polar surface area (TPSA) is 73.2 Å². The van der Waals surface area contributed by atoms with Crippen molar-refractivity contribution < 1.29 is 14.0 Å². The SMILES string of the molecule is CCC(CC)C(=O)Nc1sc(C(=O)N(Cc2ccc(F)cc2)C2CCCC2)c(C)c1C#N. The minimum absolute atomic E-state index is 0.113. The van der Waals surface area contributed by atoms with Gasteiger partial charge < -0.3 is 10.2 Å². The fraction of sp³-hybridized carbons (Fsp3) is 0.480. The fourth-order valence-corrected chi connectivity index (χ4v) is 5.43. The smallest absolute Gasteiger partial charge is 0.264 e. The third kappa shape index (κ3) is 5.18. The molecule has 5 nitrogen and oxygen atoms in total. The standard InChI is InChI=1S/C25H30FN3O2S/c1-4-18(5-2)23(30)28-24-21(14-27)16(3)22(32-24)25(31)29(20-8-6-7-9-20)15-17-10-12-19(26)13-11-17/h10-13,18,20H,4-9,15H2,1-3H3,(H,28,30). The van der Waals surface area contributed by atoms with Gasteiger partial charge in [-0.3, -0.25) is 9.59 Å². The monoisotopic (exact) mass is 455 g/mol. The van der Waals surface area contributed by atoms with Crippen molar-refractivity contribution in [3.63, 3.8) is 0 Å². The van der Waals surface area contributed by atoms with Gasteiger partial charge in [-0.2, -0.15) is 5.26 Å². The summed E-state index contributed by atoms with van der Waals surface area (Å²) in [4.78, 5) is 28.6. The average molecular weight is 456 g/mol. The first-order valence-electron chi connectivity index (χ1n) is 11.3. The van der Waals surface area contributed by atoms with Gasteiger partial charge in [0.05, 0.1) is 10.4 Å². The molecule has 0 bridgehead atoms. The lowest BCUT2D eigenvalue weighted by atomic mass is 10.0. The molecule has 7 heteroatoms. The number of thiophene rings is 1. The number of amides is 2. The summed E-state index contributed by atoms with van der Waals surface area (Å²) in [6, 6.07) is 8.49. The molecule has 1 saturated carbocycles. The summed E-state index contributed by atoms with van der Waals surface area (Å²) < 4.78 is 13.4. The zero-order chi connectivity index (χ0) is 23.3. The molecule has 1 fully saturated rings. The van der Waals surface area contributed by atoms with E-state index in [1.54, 1.807) is 19.1 Å². The van der Waals surface area contributed by atoms with Crippen LogP contribution in [0.15, 0.2) is 24.3 Å². The molecule has 0 atom stereocenters. The Bertz CT molecular complexity index is 999. The van der Waals surface area contributed by atoms with E-state index in [0.717, 1.165) is 31.2 Å². The number of hydrogen-bond donors (Lipinski definition) is 1. The first-order chi connectivity index (χ1) is 15.4. The van der Waals surface area contributed by atoms with E-state index in [0.29, 0.717) is 40.4 Å². The number of nitrogens with one attached hydrogen (secondary N) is 1. The Morgan fingerprint density at radius 2 is 1.84 bits per heavy atom. The highest BCUT2D eigenvalue weighted by Crippen LogP contribution is 2.36. The summed E-state index contributed by atoms with van der Waals surface area (Å²) in [6.45, 7) is 6.07. The van der Waals surface area contributed by atoms with Crippen LogP contribution < -0.4 is 5.32 Å². The number of nitriles is 1. The van der Waals surface area contributed by atoms with Gasteiger partial charge in [-0.05, 0) is 55.9 Å². The number of carbonyl (C=O) groups is 2. The molecule has 1 N–H and O–H groups in total. The van der Waals surface area contributed by atoms with Crippen LogP contribution in [0.4, 0.5) is 9.39 Å². The van der Waals surface area contributed by atoms with Crippen LogP contribution in [0.1, 0.15) is 78.7 Å². The van der Waals surface area contributed by atoms with Crippen molar-refractivity contribution in [3.05, 3.63) is 51.7 Å². The molecular weight excluding hydrogens is 425 g/mol. The van der Waals surface area contributed by atoms with Gasteiger partial charge in [0.25, 0.3) is 5.91 Å². The zero-order valence-electron chi connectivity index (χ0n) is 18.9. The number of halogens is 1. The van der Waals surface area contributed by atoms with Crippen LogP contribution in [0.5, 0.6) is 0 Å². The molecule has 0 saturated heterocycles. The number of hydrogen-bond acceptors (Lipinski definition) is 4. The molecule has 1 aliphatic rings. The van der Waals surface area contributed by atoms with Gasteiger partial charge >= 0.3 is 0 Å². The summed E-state index contributed by atoms with van der Waals surface area (Å²) in [7, 11) is 0. The maximum absolute atomic E-state index is 13.7. The molecule has 1 aromatic carbocycles. The molecule has 1 aliphatic carbocycles. The van der Waals surface area contributed by atoms with E-state index < -0.39 is 0 Å². The maximum Gasteiger partial charge on any atom is 0.264 e. The van der Waals surface area contributed by atoms with Crippen molar-refractivity contribution in [1.82, 2.24) is 4.90 Å². The van der Waals surface area contributed by atoms with Crippen LogP contribution in [-0.4, -0.2) is 22.8 Å². The van der Waals surface area contributed by atoms with Crippen molar-refractivity contribution in [2.45, 2.75) is 71.9 Å². The van der Waals surface area contributed by atoms with Crippen LogP contribution in [0.25, 0.3) is 0 Å². The summed E-state index contributed by atoms with van der Waals surface area (Å²) in [5.74, 6) is -0.691. The minimum Gasteiger partial charge on any atom is -0.331 e. The molecular formula is C25H30FN3O2S. The van der Waals surface area contributed by atoms with Crippen molar-refractivity contribution in [2.75, 3.05) is 5.32 Å². The summed E-state index contributed by atoms with van der Waals surface area (Å²) in [6.07, 6.45) is 5.44. The number of anilines is 1. The largest absolute Gasteiger partial charge is 0.331 e. The molecule has 0 spiro atoms. The van der Waals surface area contributed by atoms with E-state index in [2.05, 4.69) is 11.4 Å². The van der Waals surface area contributed by atoms with E-state index in [1.807, 2.05) is 18.7 Å². The molecule has 0 aliphatic heterocycles. The lowest BCUT2D eigenvalue weighted by molar-refractivity contribution is -0.120. The van der Waals surface area contributed by atoms with Gasteiger partial charge in [0, 0.05) is 18.5 Å². The lowest BCUT2D eigenvalue weighted by Gasteiger charge is -2.29. The Kier molecular flexibility index (Phi) is 8.03. The van der Waals surface area contributed by atoms with Crippen LogP contribution >= 0.6 is 11.3 Å². The Morgan fingerprint density at radius 1 is 1.22 bits per heavy atom. The quantitative estimate of drug-likeness (QED) is 0.528. The first-order valence-corrected chi connectivity index (χ1v) is 12.1. The Balaban J connectivity index is 1.91. The molecule has 1 heterocycles. The lowest BCUT2D eigenvalue weighted by Crippen LogP contribution is -2.38. The number of benzene rings is 1. The van der Waals surface area contributed by atoms with Gasteiger partial charge in [-0.1, -0.05) is 38.8 Å². The molecule has 2 amide bonds. The van der Waals surface area contributed by atoms with Crippen molar-refractivity contribution >= 4 is 28.2 Å². The second-order valence-corrected chi connectivity index (χ2v) is 9.39. The predicted molar refractivity (Wildman–Crippen MR) is 125 cm³/mol. The van der Waals surface area contributed by atoms with E-state index in [9.17, 15) is 19.2 Å². The Hall–Kier alpha value is -2.72. The van der Waals surface area contributed by atoms with Crippen LogP contribution in [-0.2, 0) is 11.3 Å². The predicted octanol–water partition coefficient (Wildman–Crippen LogP) is 6.03. The van der Waals surface area contributed by atoms with Gasteiger partial charge in [0.1, 0.15) is 16.9 Å². The van der Waals surface area contributed by atoms with Gasteiger partial charge in [-0.25, -0.2) is 4.39 Å². The molecule has 32 heavy (non-hydrogen) atoms. The van der Waals surface area contributed by atoms with Crippen molar-refractivity contribution in [3.8, 4) is 6.07 Å². The molecule has 3 rings (SSSR count). The molecule has 170 valence electrons. The number of nitrogens with zero attached hydrogens (tertiary/aromatic N) is 2. The number of rotatable bonds is 8. The van der Waals surface area contributed by atoms with Gasteiger partial charge in [0.2, 0.25) is 5.91 Å². The Morgan fingerprint density at radius 3 is 2.41 bits per heavy atom. The van der Waals surface area contributed by atoms with Crippen molar-refractivity contribution in [2.24, 2.45) is 5.92 Å². The van der Waals surface area contributed by atoms with Gasteiger partial charge in [-0.15, -0.1) is 11.3 Å². The van der Waals surface area contributed by atoms with E-state index in [4.69, 9.17) is 0 Å². The first kappa shape index (κ1) is 23.9. The summed E-state index contributed by atoms with van der Waals surface area (Å²) >= 11 is 1.18. The highest BCUT2D eigenvalue weighted by Gasteiger charge is 2.31. The highest BCUT2D eigenvalue weighted by molar-refractivity contribution is 7.18. The minimum atomic E-state index is -0.307. The normalized spacial score (nSPS) is 13.9. The second-order valence-electron chi connectivity index (χ2n) is 8.37. The Labute approximate surface area is 193 Å². The molecule has 2 aromatic rings.